The molecule has 3 nitrogen and oxygen atoms in total. The van der Waals surface area contributed by atoms with Crippen molar-refractivity contribution >= 4 is 22.5 Å². The molecule has 0 radical (unpaired) electrons. The van der Waals surface area contributed by atoms with Gasteiger partial charge in [0.25, 0.3) is 0 Å². The van der Waals surface area contributed by atoms with Crippen LogP contribution in [0, 0.1) is 30.3 Å². The van der Waals surface area contributed by atoms with Gasteiger partial charge in [0.1, 0.15) is 0 Å². The molecular formula is C20H17F3N2O. The fourth-order valence-corrected chi connectivity index (χ4v) is 3.61. The predicted molar refractivity (Wildman–Crippen MR) is 93.5 cm³/mol. The van der Waals surface area contributed by atoms with Crippen LogP contribution in [0.25, 0.3) is 10.9 Å². The van der Waals surface area contributed by atoms with Crippen LogP contribution in [0.5, 0.6) is 0 Å². The third-order valence-corrected chi connectivity index (χ3v) is 5.01. The lowest BCUT2D eigenvalue weighted by atomic mass is 9.85. The molecule has 0 spiro atoms. The third-order valence-electron chi connectivity index (χ3n) is 5.01. The first-order chi connectivity index (χ1) is 12.4. The van der Waals surface area contributed by atoms with E-state index in [0.29, 0.717) is 19.3 Å². The number of rotatable bonds is 2. The molecule has 134 valence electrons. The summed E-state index contributed by atoms with van der Waals surface area (Å²) in [5, 5.41) is 3.49. The first-order valence-corrected chi connectivity index (χ1v) is 8.48. The van der Waals surface area contributed by atoms with Crippen LogP contribution in [0.4, 0.5) is 18.9 Å². The lowest BCUT2D eigenvalue weighted by Crippen LogP contribution is -2.28. The molecule has 2 aromatic carbocycles. The topological polar surface area (TPSA) is 44.9 Å². The number of aryl methyl sites for hydroxylation is 2. The predicted octanol–water partition coefficient (Wildman–Crippen LogP) is 4.64. The van der Waals surface area contributed by atoms with Gasteiger partial charge in [-0.25, -0.2) is 13.2 Å². The van der Waals surface area contributed by atoms with Gasteiger partial charge >= 0.3 is 0 Å². The number of anilines is 1. The van der Waals surface area contributed by atoms with E-state index in [4.69, 9.17) is 0 Å². The third kappa shape index (κ3) is 2.75. The molecule has 1 aliphatic rings. The van der Waals surface area contributed by atoms with Gasteiger partial charge in [0, 0.05) is 22.5 Å². The Morgan fingerprint density at radius 2 is 1.96 bits per heavy atom. The molecule has 0 bridgehead atoms. The number of nitrogens with one attached hydrogen (secondary N) is 2. The number of benzene rings is 2. The summed E-state index contributed by atoms with van der Waals surface area (Å²) in [6.07, 6.45) is 1.84. The summed E-state index contributed by atoms with van der Waals surface area (Å²) in [5.74, 6) is -4.98. The number of aromatic nitrogens is 1. The average molecular weight is 358 g/mol. The van der Waals surface area contributed by atoms with Crippen LogP contribution in [0.2, 0.25) is 0 Å². The van der Waals surface area contributed by atoms with Crippen LogP contribution in [-0.4, -0.2) is 10.9 Å². The van der Waals surface area contributed by atoms with Gasteiger partial charge in [-0.15, -0.1) is 0 Å². The fourth-order valence-electron chi connectivity index (χ4n) is 3.61. The minimum Gasteiger partial charge on any atom is -0.358 e. The number of hydrogen-bond donors (Lipinski definition) is 2. The van der Waals surface area contributed by atoms with Gasteiger partial charge in [-0.05, 0) is 56.0 Å². The van der Waals surface area contributed by atoms with Gasteiger partial charge in [-0.3, -0.25) is 4.79 Å². The van der Waals surface area contributed by atoms with Crippen molar-refractivity contribution in [2.45, 2.75) is 26.2 Å². The maximum atomic E-state index is 13.8. The number of halogens is 3. The molecule has 1 unspecified atom stereocenters. The molecule has 1 aromatic heterocycles. The van der Waals surface area contributed by atoms with Gasteiger partial charge in [-0.1, -0.05) is 11.6 Å². The zero-order valence-corrected chi connectivity index (χ0v) is 14.1. The molecule has 1 amide bonds. The Morgan fingerprint density at radius 1 is 1.15 bits per heavy atom. The van der Waals surface area contributed by atoms with Crippen LogP contribution in [0.3, 0.4) is 0 Å². The van der Waals surface area contributed by atoms with Crippen molar-refractivity contribution < 1.29 is 18.0 Å². The number of carbonyl (C=O) groups is 1. The first kappa shape index (κ1) is 16.7. The van der Waals surface area contributed by atoms with Crippen molar-refractivity contribution in [3.05, 3.63) is 64.6 Å². The van der Waals surface area contributed by atoms with Crippen molar-refractivity contribution in [2.24, 2.45) is 5.92 Å². The largest absolute Gasteiger partial charge is 0.358 e. The average Bonchev–Trinajstić information content (AvgIpc) is 2.99. The number of aromatic amines is 1. The van der Waals surface area contributed by atoms with E-state index >= 15 is 0 Å². The van der Waals surface area contributed by atoms with E-state index in [1.807, 2.05) is 19.1 Å². The van der Waals surface area contributed by atoms with Crippen LogP contribution in [-0.2, 0) is 17.6 Å². The fraction of sp³-hybridized carbons (Fsp3) is 0.250. The van der Waals surface area contributed by atoms with Gasteiger partial charge < -0.3 is 10.3 Å². The summed E-state index contributed by atoms with van der Waals surface area (Å²) < 4.78 is 40.2. The van der Waals surface area contributed by atoms with Gasteiger partial charge in [-0.2, -0.15) is 0 Å². The monoisotopic (exact) mass is 358 g/mol. The Hall–Kier alpha value is -2.76. The highest BCUT2D eigenvalue weighted by atomic mass is 19.2. The van der Waals surface area contributed by atoms with Crippen molar-refractivity contribution in [1.82, 2.24) is 4.98 Å². The molecule has 4 rings (SSSR count). The maximum absolute atomic E-state index is 13.8. The standard InChI is InChI=1S/C20H17F3N2O/c1-10-2-5-15-12(8-10)13-9-11(3-6-16(13)24-15)20(26)25-17-7-4-14(21)18(22)19(17)23/h2,4-5,7-8,11,24H,3,6,9H2,1H3,(H,25,26). The molecule has 0 fully saturated rings. The highest BCUT2D eigenvalue weighted by Crippen LogP contribution is 2.33. The number of H-pyrrole nitrogens is 1. The molecule has 2 N–H and O–H groups in total. The molecule has 1 heterocycles. The van der Waals surface area contributed by atoms with Crippen molar-refractivity contribution in [3.8, 4) is 0 Å². The molecule has 6 heteroatoms. The van der Waals surface area contributed by atoms with Crippen molar-refractivity contribution in [2.75, 3.05) is 5.32 Å². The molecule has 1 atom stereocenters. The SMILES string of the molecule is Cc1ccc2[nH]c3c(c2c1)CC(C(=O)Nc1ccc(F)c(F)c1F)CC3. The smallest absolute Gasteiger partial charge is 0.227 e. The number of amides is 1. The van der Waals surface area contributed by atoms with Gasteiger partial charge in [0.05, 0.1) is 5.69 Å². The zero-order valence-electron chi connectivity index (χ0n) is 14.1. The van der Waals surface area contributed by atoms with E-state index < -0.39 is 17.5 Å². The highest BCUT2D eigenvalue weighted by molar-refractivity contribution is 5.94. The summed E-state index contributed by atoms with van der Waals surface area (Å²) in [6.45, 7) is 2.01. The lowest BCUT2D eigenvalue weighted by molar-refractivity contribution is -0.120. The molecular weight excluding hydrogens is 341 g/mol. The first-order valence-electron chi connectivity index (χ1n) is 8.48. The van der Waals surface area contributed by atoms with Crippen LogP contribution in [0.15, 0.2) is 30.3 Å². The zero-order chi connectivity index (χ0) is 18.4. The second kappa shape index (κ2) is 6.20. The number of fused-ring (bicyclic) bond motifs is 3. The van der Waals surface area contributed by atoms with Crippen LogP contribution >= 0.6 is 0 Å². The molecule has 0 saturated heterocycles. The summed E-state index contributed by atoms with van der Waals surface area (Å²) in [4.78, 5) is 15.9. The minimum absolute atomic E-state index is 0.338. The molecule has 0 saturated carbocycles. The van der Waals surface area contributed by atoms with Crippen LogP contribution in [0.1, 0.15) is 23.2 Å². The Morgan fingerprint density at radius 3 is 2.77 bits per heavy atom. The molecule has 0 aliphatic heterocycles. The second-order valence-electron chi connectivity index (χ2n) is 6.78. The van der Waals surface area contributed by atoms with Gasteiger partial charge in [0.15, 0.2) is 17.5 Å². The quantitative estimate of drug-likeness (QED) is 0.644. The second-order valence-corrected chi connectivity index (χ2v) is 6.78. The molecule has 3 aromatic rings. The number of carbonyl (C=O) groups excluding carboxylic acids is 1. The Kier molecular flexibility index (Phi) is 3.98. The minimum atomic E-state index is -1.58. The molecule has 26 heavy (non-hydrogen) atoms. The highest BCUT2D eigenvalue weighted by Gasteiger charge is 2.28. The van der Waals surface area contributed by atoms with E-state index in [1.165, 1.54) is 0 Å². The lowest BCUT2D eigenvalue weighted by Gasteiger charge is -2.22. The Balaban J connectivity index is 1.59. The van der Waals surface area contributed by atoms with Crippen LogP contribution < -0.4 is 5.32 Å². The summed E-state index contributed by atoms with van der Waals surface area (Å²) in [5.41, 5.74) is 4.05. The summed E-state index contributed by atoms with van der Waals surface area (Å²) >= 11 is 0. The van der Waals surface area contributed by atoms with Gasteiger partial charge in [0.2, 0.25) is 5.91 Å². The summed E-state index contributed by atoms with van der Waals surface area (Å²) in [7, 11) is 0. The van der Waals surface area contributed by atoms with Crippen molar-refractivity contribution in [1.29, 1.82) is 0 Å². The Labute approximate surface area is 148 Å². The Bertz CT molecular complexity index is 1030. The van der Waals surface area contributed by atoms with E-state index in [9.17, 15) is 18.0 Å². The maximum Gasteiger partial charge on any atom is 0.227 e. The van der Waals surface area contributed by atoms with Crippen molar-refractivity contribution in [3.63, 3.8) is 0 Å². The molecule has 1 aliphatic carbocycles. The van der Waals surface area contributed by atoms with E-state index in [1.54, 1.807) is 0 Å². The van der Waals surface area contributed by atoms with E-state index in [-0.39, 0.29) is 17.5 Å². The van der Waals surface area contributed by atoms with E-state index in [2.05, 4.69) is 16.4 Å². The van der Waals surface area contributed by atoms with E-state index in [0.717, 1.165) is 39.9 Å². The number of hydrogen-bond acceptors (Lipinski definition) is 1. The summed E-state index contributed by atoms with van der Waals surface area (Å²) in [6, 6.07) is 7.97. The normalized spacial score (nSPS) is 16.5.